The van der Waals surface area contributed by atoms with Crippen molar-refractivity contribution in [1.82, 2.24) is 20.9 Å². The second-order valence-corrected chi connectivity index (χ2v) is 5.01. The first-order valence-corrected chi connectivity index (χ1v) is 7.07. The molecule has 116 valence electrons. The molecular formula is C12H24N4O3S. The largest absolute Gasteiger partial charge is 0.359 e. The molecule has 3 N–H and O–H groups in total. The van der Waals surface area contributed by atoms with Crippen LogP contribution in [-0.4, -0.2) is 68.6 Å². The Labute approximate surface area is 125 Å². The van der Waals surface area contributed by atoms with Gasteiger partial charge in [0.1, 0.15) is 6.04 Å². The maximum atomic E-state index is 12.0. The minimum Gasteiger partial charge on any atom is -0.359 e. The molecule has 7 nitrogen and oxygen atoms in total. The minimum atomic E-state index is -0.857. The number of hydrogen-bond acceptors (Lipinski definition) is 5. The second kappa shape index (κ2) is 10.5. The lowest BCUT2D eigenvalue weighted by Crippen LogP contribution is -2.49. The number of rotatable bonds is 9. The summed E-state index contributed by atoms with van der Waals surface area (Å²) in [5, 5.41) is 7.68. The van der Waals surface area contributed by atoms with Gasteiger partial charge in [0.2, 0.25) is 17.7 Å². The summed E-state index contributed by atoms with van der Waals surface area (Å²) in [4.78, 5) is 36.8. The van der Waals surface area contributed by atoms with E-state index in [1.54, 1.807) is 0 Å². The maximum absolute atomic E-state index is 12.0. The molecule has 0 aromatic heterocycles. The van der Waals surface area contributed by atoms with Crippen LogP contribution < -0.4 is 16.0 Å². The number of carbonyl (C=O) groups excluding carboxylic acids is 3. The summed E-state index contributed by atoms with van der Waals surface area (Å²) in [6.07, 6.45) is 0.126. The van der Waals surface area contributed by atoms with Gasteiger partial charge in [-0.25, -0.2) is 0 Å². The minimum absolute atomic E-state index is 0.0807. The smallest absolute Gasteiger partial charge is 0.243 e. The Morgan fingerprint density at radius 2 is 1.85 bits per heavy atom. The summed E-state index contributed by atoms with van der Waals surface area (Å²) < 4.78 is 0. The first kappa shape index (κ1) is 18.7. The van der Waals surface area contributed by atoms with E-state index in [2.05, 4.69) is 28.6 Å². The average Bonchev–Trinajstić information content (AvgIpc) is 2.37. The third-order valence-corrected chi connectivity index (χ3v) is 2.74. The molecule has 0 fully saturated rings. The van der Waals surface area contributed by atoms with Crippen molar-refractivity contribution in [1.29, 1.82) is 0 Å². The van der Waals surface area contributed by atoms with Crippen LogP contribution in [-0.2, 0) is 14.4 Å². The molecule has 0 heterocycles. The molecule has 0 aromatic carbocycles. The van der Waals surface area contributed by atoms with Crippen molar-refractivity contribution in [2.75, 3.05) is 40.0 Å². The summed E-state index contributed by atoms with van der Waals surface area (Å²) >= 11 is 3.96. The van der Waals surface area contributed by atoms with Crippen molar-refractivity contribution >= 4 is 30.4 Å². The summed E-state index contributed by atoms with van der Waals surface area (Å²) in [6.45, 7) is 1.14. The van der Waals surface area contributed by atoms with E-state index >= 15 is 0 Å². The molecule has 8 heteroatoms. The lowest BCUT2D eigenvalue weighted by Gasteiger charge is -2.18. The molecule has 0 aliphatic rings. The molecule has 0 spiro atoms. The zero-order valence-electron chi connectivity index (χ0n) is 12.2. The van der Waals surface area contributed by atoms with Crippen LogP contribution in [0.25, 0.3) is 0 Å². The van der Waals surface area contributed by atoms with Crippen molar-refractivity contribution in [2.45, 2.75) is 18.9 Å². The first-order chi connectivity index (χ1) is 9.40. The number of thiol groups is 1. The quantitative estimate of drug-likeness (QED) is 0.395. The Balaban J connectivity index is 4.45. The number of carbonyl (C=O) groups is 3. The monoisotopic (exact) mass is 304 g/mol. The highest BCUT2D eigenvalue weighted by molar-refractivity contribution is 7.80. The molecule has 0 saturated carbocycles. The lowest BCUT2D eigenvalue weighted by molar-refractivity contribution is -0.131. The Morgan fingerprint density at radius 3 is 2.35 bits per heavy atom. The molecule has 0 radical (unpaired) electrons. The number of hydrogen-bond donors (Lipinski definition) is 4. The third kappa shape index (κ3) is 8.76. The first-order valence-electron chi connectivity index (χ1n) is 6.44. The fraction of sp³-hybridized carbons (Fsp3) is 0.750. The normalized spacial score (nSPS) is 11.8. The highest BCUT2D eigenvalue weighted by Gasteiger charge is 2.22. The summed E-state index contributed by atoms with van der Waals surface area (Å²) in [5.74, 6) is -0.565. The van der Waals surface area contributed by atoms with Crippen molar-refractivity contribution < 1.29 is 14.4 Å². The van der Waals surface area contributed by atoms with E-state index < -0.39 is 6.04 Å². The Kier molecular flexibility index (Phi) is 9.83. The predicted molar refractivity (Wildman–Crippen MR) is 80.6 cm³/mol. The van der Waals surface area contributed by atoms with E-state index in [1.165, 1.54) is 7.05 Å². The number of likely N-dealkylation sites (N-methyl/N-ethyl adjacent to an activating group) is 1. The van der Waals surface area contributed by atoms with E-state index in [0.29, 0.717) is 18.8 Å². The number of nitrogens with one attached hydrogen (secondary N) is 3. The molecule has 0 bridgehead atoms. The van der Waals surface area contributed by atoms with Gasteiger partial charge in [-0.1, -0.05) is 0 Å². The van der Waals surface area contributed by atoms with Crippen LogP contribution in [0.1, 0.15) is 12.8 Å². The van der Waals surface area contributed by atoms with Crippen LogP contribution in [0.15, 0.2) is 0 Å². The van der Waals surface area contributed by atoms with Crippen LogP contribution in [0.2, 0.25) is 0 Å². The molecule has 0 aromatic rings. The highest BCUT2D eigenvalue weighted by atomic mass is 32.1. The summed E-state index contributed by atoms with van der Waals surface area (Å²) in [6, 6.07) is -0.857. The van der Waals surface area contributed by atoms with E-state index in [9.17, 15) is 14.4 Å². The van der Waals surface area contributed by atoms with Gasteiger partial charge in [0.15, 0.2) is 0 Å². The van der Waals surface area contributed by atoms with Crippen LogP contribution >= 0.6 is 12.6 Å². The van der Waals surface area contributed by atoms with Crippen LogP contribution in [0.4, 0.5) is 0 Å². The SMILES string of the molecule is CNC(=O)CC(NC(=O)CCS)C(=O)NCCN(C)C. The molecule has 0 aliphatic carbocycles. The van der Waals surface area contributed by atoms with E-state index in [-0.39, 0.29) is 30.6 Å². The standard InChI is InChI=1S/C12H24N4O3S/c1-13-11(18)8-9(15-10(17)4-7-20)12(19)14-5-6-16(2)3/h9,20H,4-8H2,1-3H3,(H,13,18)(H,14,19)(H,15,17). The second-order valence-electron chi connectivity index (χ2n) is 4.57. The molecule has 0 saturated heterocycles. The third-order valence-electron chi connectivity index (χ3n) is 2.52. The maximum Gasteiger partial charge on any atom is 0.243 e. The van der Waals surface area contributed by atoms with Gasteiger partial charge in [0.25, 0.3) is 0 Å². The van der Waals surface area contributed by atoms with Crippen molar-refractivity contribution in [3.8, 4) is 0 Å². The van der Waals surface area contributed by atoms with Gasteiger partial charge in [-0.15, -0.1) is 0 Å². The molecular weight excluding hydrogens is 280 g/mol. The van der Waals surface area contributed by atoms with Gasteiger partial charge in [-0.3, -0.25) is 14.4 Å². The van der Waals surface area contributed by atoms with Crippen LogP contribution in [0.3, 0.4) is 0 Å². The van der Waals surface area contributed by atoms with Gasteiger partial charge in [0.05, 0.1) is 6.42 Å². The molecule has 1 unspecified atom stereocenters. The van der Waals surface area contributed by atoms with Gasteiger partial charge in [-0.05, 0) is 19.8 Å². The van der Waals surface area contributed by atoms with Crippen LogP contribution in [0, 0.1) is 0 Å². The van der Waals surface area contributed by atoms with Gasteiger partial charge >= 0.3 is 0 Å². The number of nitrogens with zero attached hydrogens (tertiary/aromatic N) is 1. The van der Waals surface area contributed by atoms with E-state index in [4.69, 9.17) is 0 Å². The molecule has 3 amide bonds. The summed E-state index contributed by atoms with van der Waals surface area (Å²) in [7, 11) is 5.27. The van der Waals surface area contributed by atoms with Gasteiger partial charge in [0, 0.05) is 26.6 Å². The summed E-state index contributed by atoms with van der Waals surface area (Å²) in [5.41, 5.74) is 0. The van der Waals surface area contributed by atoms with E-state index in [1.807, 2.05) is 19.0 Å². The molecule has 0 aliphatic heterocycles. The Morgan fingerprint density at radius 1 is 1.20 bits per heavy atom. The van der Waals surface area contributed by atoms with Crippen LogP contribution in [0.5, 0.6) is 0 Å². The fourth-order valence-electron chi connectivity index (χ4n) is 1.39. The molecule has 1 atom stereocenters. The van der Waals surface area contributed by atoms with Gasteiger partial charge < -0.3 is 20.9 Å². The molecule has 20 heavy (non-hydrogen) atoms. The number of amides is 3. The Hall–Kier alpha value is -1.28. The highest BCUT2D eigenvalue weighted by Crippen LogP contribution is 1.95. The molecule has 0 rings (SSSR count). The lowest BCUT2D eigenvalue weighted by atomic mass is 10.1. The van der Waals surface area contributed by atoms with Crippen molar-refractivity contribution in [2.24, 2.45) is 0 Å². The fourth-order valence-corrected chi connectivity index (χ4v) is 1.59. The zero-order valence-corrected chi connectivity index (χ0v) is 13.1. The van der Waals surface area contributed by atoms with Crippen molar-refractivity contribution in [3.63, 3.8) is 0 Å². The average molecular weight is 304 g/mol. The van der Waals surface area contributed by atoms with Gasteiger partial charge in [-0.2, -0.15) is 12.6 Å². The van der Waals surface area contributed by atoms with Crippen molar-refractivity contribution in [3.05, 3.63) is 0 Å². The topological polar surface area (TPSA) is 90.5 Å². The van der Waals surface area contributed by atoms with E-state index in [0.717, 1.165) is 0 Å². The zero-order chi connectivity index (χ0) is 15.5. The Bertz CT molecular complexity index is 337. The predicted octanol–water partition coefficient (Wildman–Crippen LogP) is -1.39.